The van der Waals surface area contributed by atoms with E-state index < -0.39 is 11.2 Å². The molecule has 2 aromatic heterocycles. The van der Waals surface area contributed by atoms with Gasteiger partial charge in [0, 0.05) is 19.0 Å². The number of hydrogen-bond acceptors (Lipinski definition) is 6. The van der Waals surface area contributed by atoms with Gasteiger partial charge in [0.05, 0.1) is 17.7 Å². The molecule has 1 N–H and O–H groups in total. The van der Waals surface area contributed by atoms with Crippen LogP contribution in [-0.4, -0.2) is 14.1 Å². The fourth-order valence-electron chi connectivity index (χ4n) is 1.81. The Morgan fingerprint density at radius 3 is 2.65 bits per heavy atom. The first-order valence-corrected chi connectivity index (χ1v) is 6.68. The van der Waals surface area contributed by atoms with Crippen molar-refractivity contribution in [1.29, 1.82) is 5.26 Å². The molecule has 2 aromatic rings. The summed E-state index contributed by atoms with van der Waals surface area (Å²) in [6.07, 6.45) is 0. The van der Waals surface area contributed by atoms with Crippen LogP contribution in [0, 0.1) is 18.3 Å². The van der Waals surface area contributed by atoms with Crippen LogP contribution in [0.2, 0.25) is 0 Å². The van der Waals surface area contributed by atoms with Crippen LogP contribution in [0.5, 0.6) is 0 Å². The van der Waals surface area contributed by atoms with Gasteiger partial charge in [0.25, 0.3) is 5.56 Å². The molecular weight excluding hydrogens is 278 g/mol. The standard InChI is InChI=1S/C12H13N5O2S/c1-7-9(20-6-15-7)5-14-10-8(4-13)11(18)17(3)12(19)16(10)2/h6,14H,5H2,1-3H3. The highest BCUT2D eigenvalue weighted by atomic mass is 32.1. The lowest BCUT2D eigenvalue weighted by atomic mass is 10.3. The number of aryl methyl sites for hydroxylation is 1. The van der Waals surface area contributed by atoms with Crippen LogP contribution in [0.4, 0.5) is 5.82 Å². The number of nitrogens with one attached hydrogen (secondary N) is 1. The molecule has 2 heterocycles. The van der Waals surface area contributed by atoms with E-state index in [-0.39, 0.29) is 11.4 Å². The molecule has 104 valence electrons. The highest BCUT2D eigenvalue weighted by Gasteiger charge is 2.15. The Bertz CT molecular complexity index is 809. The molecule has 8 heteroatoms. The molecule has 0 unspecified atom stereocenters. The molecule has 0 fully saturated rings. The molecule has 0 saturated carbocycles. The summed E-state index contributed by atoms with van der Waals surface area (Å²) in [4.78, 5) is 28.9. The monoisotopic (exact) mass is 291 g/mol. The zero-order chi connectivity index (χ0) is 14.9. The summed E-state index contributed by atoms with van der Waals surface area (Å²) in [5, 5.41) is 12.1. The number of hydrogen-bond donors (Lipinski definition) is 1. The van der Waals surface area contributed by atoms with Gasteiger partial charge in [0.2, 0.25) is 0 Å². The molecule has 0 amide bonds. The van der Waals surface area contributed by atoms with Crippen molar-refractivity contribution in [3.8, 4) is 6.07 Å². The fraction of sp³-hybridized carbons (Fsp3) is 0.333. The maximum atomic E-state index is 11.9. The molecule has 7 nitrogen and oxygen atoms in total. The minimum atomic E-state index is -0.598. The van der Waals surface area contributed by atoms with Crippen LogP contribution >= 0.6 is 11.3 Å². The number of nitrogens with zero attached hydrogens (tertiary/aromatic N) is 4. The smallest absolute Gasteiger partial charge is 0.332 e. The van der Waals surface area contributed by atoms with Crippen molar-refractivity contribution in [2.75, 3.05) is 5.32 Å². The molecule has 0 bridgehead atoms. The maximum Gasteiger partial charge on any atom is 0.332 e. The van der Waals surface area contributed by atoms with E-state index in [0.717, 1.165) is 15.1 Å². The number of nitriles is 1. The van der Waals surface area contributed by atoms with Crippen LogP contribution in [0.15, 0.2) is 15.1 Å². The molecule has 0 spiro atoms. The normalized spacial score (nSPS) is 10.3. The fourth-order valence-corrected chi connectivity index (χ4v) is 2.53. The first-order chi connectivity index (χ1) is 9.47. The van der Waals surface area contributed by atoms with Crippen molar-refractivity contribution in [2.24, 2.45) is 14.1 Å². The Hall–Kier alpha value is -2.40. The molecule has 0 aliphatic rings. The van der Waals surface area contributed by atoms with Crippen molar-refractivity contribution in [1.82, 2.24) is 14.1 Å². The zero-order valence-electron chi connectivity index (χ0n) is 11.3. The van der Waals surface area contributed by atoms with E-state index in [4.69, 9.17) is 5.26 Å². The Kier molecular flexibility index (Phi) is 3.72. The van der Waals surface area contributed by atoms with E-state index >= 15 is 0 Å². The van der Waals surface area contributed by atoms with E-state index in [9.17, 15) is 9.59 Å². The molecule has 0 aliphatic heterocycles. The zero-order valence-corrected chi connectivity index (χ0v) is 12.1. The van der Waals surface area contributed by atoms with Crippen molar-refractivity contribution in [2.45, 2.75) is 13.5 Å². The number of aromatic nitrogens is 3. The molecule has 0 radical (unpaired) electrons. The second kappa shape index (κ2) is 5.30. The van der Waals surface area contributed by atoms with Crippen LogP contribution in [0.25, 0.3) is 0 Å². The van der Waals surface area contributed by atoms with E-state index in [0.29, 0.717) is 6.54 Å². The van der Waals surface area contributed by atoms with Crippen molar-refractivity contribution < 1.29 is 0 Å². The SMILES string of the molecule is Cc1ncsc1CNc1c(C#N)c(=O)n(C)c(=O)n1C. The summed E-state index contributed by atoms with van der Waals surface area (Å²) >= 11 is 1.47. The van der Waals surface area contributed by atoms with Gasteiger partial charge < -0.3 is 5.32 Å². The van der Waals surface area contributed by atoms with E-state index in [2.05, 4.69) is 10.3 Å². The third kappa shape index (κ3) is 2.23. The molecule has 2 rings (SSSR count). The third-order valence-corrected chi connectivity index (χ3v) is 3.97. The Morgan fingerprint density at radius 2 is 2.10 bits per heavy atom. The lowest BCUT2D eigenvalue weighted by Gasteiger charge is -2.13. The second-order valence-electron chi connectivity index (χ2n) is 4.26. The summed E-state index contributed by atoms with van der Waals surface area (Å²) in [5.74, 6) is 0.230. The lowest BCUT2D eigenvalue weighted by molar-refractivity contribution is 0.685. The lowest BCUT2D eigenvalue weighted by Crippen LogP contribution is -2.39. The molecule has 20 heavy (non-hydrogen) atoms. The van der Waals surface area contributed by atoms with Crippen LogP contribution < -0.4 is 16.6 Å². The highest BCUT2D eigenvalue weighted by Crippen LogP contribution is 2.15. The first-order valence-electron chi connectivity index (χ1n) is 5.80. The Balaban J connectivity index is 2.47. The average Bonchev–Trinajstić information content (AvgIpc) is 2.84. The summed E-state index contributed by atoms with van der Waals surface area (Å²) < 4.78 is 2.18. The van der Waals surface area contributed by atoms with Crippen molar-refractivity contribution in [3.05, 3.63) is 42.5 Å². The predicted octanol–water partition coefficient (Wildman–Crippen LogP) is 0.333. The van der Waals surface area contributed by atoms with Gasteiger partial charge in [-0.3, -0.25) is 13.9 Å². The number of thiazole rings is 1. The van der Waals surface area contributed by atoms with Crippen molar-refractivity contribution in [3.63, 3.8) is 0 Å². The van der Waals surface area contributed by atoms with Gasteiger partial charge >= 0.3 is 5.69 Å². The third-order valence-electron chi connectivity index (χ3n) is 3.04. The van der Waals surface area contributed by atoms with Gasteiger partial charge in [-0.25, -0.2) is 9.78 Å². The van der Waals surface area contributed by atoms with Gasteiger partial charge in [-0.05, 0) is 6.92 Å². The highest BCUT2D eigenvalue weighted by molar-refractivity contribution is 7.09. The summed E-state index contributed by atoms with van der Waals surface area (Å²) in [6, 6.07) is 1.85. The molecule has 0 atom stereocenters. The van der Waals surface area contributed by atoms with Gasteiger partial charge in [-0.15, -0.1) is 11.3 Å². The predicted molar refractivity (Wildman–Crippen MR) is 75.8 cm³/mol. The average molecular weight is 291 g/mol. The van der Waals surface area contributed by atoms with Gasteiger partial charge in [-0.1, -0.05) is 0 Å². The van der Waals surface area contributed by atoms with Gasteiger partial charge in [-0.2, -0.15) is 5.26 Å². The van der Waals surface area contributed by atoms with Gasteiger partial charge in [0.15, 0.2) is 5.56 Å². The topological polar surface area (TPSA) is 92.7 Å². The van der Waals surface area contributed by atoms with Crippen LogP contribution in [0.3, 0.4) is 0 Å². The molecular formula is C12H13N5O2S. The van der Waals surface area contributed by atoms with E-state index in [1.807, 2.05) is 13.0 Å². The molecule has 0 aromatic carbocycles. The second-order valence-corrected chi connectivity index (χ2v) is 5.19. The van der Waals surface area contributed by atoms with Gasteiger partial charge in [0.1, 0.15) is 11.9 Å². The number of rotatable bonds is 3. The van der Waals surface area contributed by atoms with Crippen LogP contribution in [0.1, 0.15) is 16.1 Å². The van der Waals surface area contributed by atoms with E-state index in [1.165, 1.54) is 30.0 Å². The van der Waals surface area contributed by atoms with Crippen molar-refractivity contribution >= 4 is 17.2 Å². The quantitative estimate of drug-likeness (QED) is 0.880. The summed E-state index contributed by atoms with van der Waals surface area (Å²) in [6.45, 7) is 2.29. The largest absolute Gasteiger partial charge is 0.365 e. The number of anilines is 1. The van der Waals surface area contributed by atoms with E-state index in [1.54, 1.807) is 5.51 Å². The molecule has 0 aliphatic carbocycles. The summed E-state index contributed by atoms with van der Waals surface area (Å²) in [5.41, 5.74) is 1.46. The Morgan fingerprint density at radius 1 is 1.40 bits per heavy atom. The summed E-state index contributed by atoms with van der Waals surface area (Å²) in [7, 11) is 2.87. The minimum Gasteiger partial charge on any atom is -0.365 e. The van der Waals surface area contributed by atoms with Crippen LogP contribution in [-0.2, 0) is 20.6 Å². The first kappa shape index (κ1) is 14.0. The Labute approximate surface area is 118 Å². The maximum absolute atomic E-state index is 11.9. The molecule has 0 saturated heterocycles. The minimum absolute atomic E-state index is 0.0724.